The lowest BCUT2D eigenvalue weighted by Crippen LogP contribution is -2.24. The van der Waals surface area contributed by atoms with Gasteiger partial charge in [0.2, 0.25) is 0 Å². The van der Waals surface area contributed by atoms with Crippen LogP contribution in [0.15, 0.2) is 24.3 Å². The second kappa shape index (κ2) is 4.80. The lowest BCUT2D eigenvalue weighted by molar-refractivity contribution is 0.0657. The van der Waals surface area contributed by atoms with Crippen molar-refractivity contribution in [2.45, 2.75) is 32.3 Å². The second-order valence-corrected chi connectivity index (χ2v) is 6.24. The molecule has 0 saturated carbocycles. The molecule has 2 heteroatoms. The first kappa shape index (κ1) is 12.0. The quantitative estimate of drug-likeness (QED) is 0.869. The molecule has 1 aromatic rings. The Morgan fingerprint density at radius 3 is 2.88 bits per heavy atom. The van der Waals surface area contributed by atoms with Crippen LogP contribution in [-0.2, 0) is 12.0 Å². The third kappa shape index (κ3) is 2.61. The number of rotatable bonds is 3. The fourth-order valence-corrected chi connectivity index (χ4v) is 3.52. The molecule has 88 valence electrons. The zero-order chi connectivity index (χ0) is 11.6. The maximum atomic E-state index is 10.5. The summed E-state index contributed by atoms with van der Waals surface area (Å²) in [5.41, 5.74) is 1.88. The summed E-state index contributed by atoms with van der Waals surface area (Å²) in [6.07, 6.45) is 1.99. The van der Waals surface area contributed by atoms with E-state index in [0.717, 1.165) is 29.9 Å². The number of hydrogen-bond acceptors (Lipinski definition) is 2. The Morgan fingerprint density at radius 2 is 2.25 bits per heavy atom. The van der Waals surface area contributed by atoms with Gasteiger partial charge in [0.1, 0.15) is 0 Å². The van der Waals surface area contributed by atoms with Crippen molar-refractivity contribution in [1.29, 1.82) is 0 Å². The average molecular weight is 236 g/mol. The van der Waals surface area contributed by atoms with Crippen LogP contribution in [0.25, 0.3) is 0 Å². The van der Waals surface area contributed by atoms with E-state index in [-0.39, 0.29) is 0 Å². The molecule has 1 N–H and O–H groups in total. The predicted octanol–water partition coefficient (Wildman–Crippen LogP) is 3.21. The van der Waals surface area contributed by atoms with Crippen molar-refractivity contribution in [2.75, 3.05) is 11.5 Å². The van der Waals surface area contributed by atoms with Crippen LogP contribution >= 0.6 is 11.8 Å². The summed E-state index contributed by atoms with van der Waals surface area (Å²) in [4.78, 5) is 0. The molecule has 1 aromatic carbocycles. The van der Waals surface area contributed by atoms with E-state index < -0.39 is 5.60 Å². The van der Waals surface area contributed by atoms with E-state index in [4.69, 9.17) is 0 Å². The number of hydrogen-bond donors (Lipinski definition) is 1. The first-order valence-corrected chi connectivity index (χ1v) is 7.15. The molecular formula is C14H20OS. The summed E-state index contributed by atoms with van der Waals surface area (Å²) in [5.74, 6) is 2.59. The van der Waals surface area contributed by atoms with E-state index in [1.807, 2.05) is 11.8 Å². The van der Waals surface area contributed by atoms with Crippen molar-refractivity contribution in [1.82, 2.24) is 0 Å². The molecule has 2 rings (SSSR count). The normalized spacial score (nSPS) is 25.2. The van der Waals surface area contributed by atoms with E-state index in [2.05, 4.69) is 38.1 Å². The van der Waals surface area contributed by atoms with Crippen molar-refractivity contribution in [3.63, 3.8) is 0 Å². The maximum absolute atomic E-state index is 10.5. The van der Waals surface area contributed by atoms with Crippen LogP contribution in [0, 0.1) is 5.92 Å². The molecule has 1 aliphatic rings. The summed E-state index contributed by atoms with van der Waals surface area (Å²) in [5, 5.41) is 10.5. The molecule has 1 fully saturated rings. The Labute approximate surface area is 102 Å². The van der Waals surface area contributed by atoms with Crippen molar-refractivity contribution >= 4 is 11.8 Å². The fourth-order valence-electron chi connectivity index (χ4n) is 2.24. The topological polar surface area (TPSA) is 20.2 Å². The van der Waals surface area contributed by atoms with Gasteiger partial charge >= 0.3 is 0 Å². The predicted molar refractivity (Wildman–Crippen MR) is 70.8 cm³/mol. The van der Waals surface area contributed by atoms with Gasteiger partial charge in [-0.2, -0.15) is 11.8 Å². The maximum Gasteiger partial charge on any atom is 0.0994 e. The highest BCUT2D eigenvalue weighted by atomic mass is 32.2. The van der Waals surface area contributed by atoms with E-state index in [9.17, 15) is 5.11 Å². The average Bonchev–Trinajstić information content (AvgIpc) is 2.66. The van der Waals surface area contributed by atoms with Crippen LogP contribution in [-0.4, -0.2) is 16.6 Å². The first-order valence-electron chi connectivity index (χ1n) is 6.00. The lowest BCUT2D eigenvalue weighted by atomic mass is 9.90. The van der Waals surface area contributed by atoms with Crippen LogP contribution in [0.4, 0.5) is 0 Å². The highest BCUT2D eigenvalue weighted by molar-refractivity contribution is 7.99. The van der Waals surface area contributed by atoms with Gasteiger partial charge in [-0.05, 0) is 35.6 Å². The van der Waals surface area contributed by atoms with Gasteiger partial charge in [-0.3, -0.25) is 0 Å². The van der Waals surface area contributed by atoms with Crippen molar-refractivity contribution in [3.05, 3.63) is 35.4 Å². The smallest absolute Gasteiger partial charge is 0.0994 e. The molecule has 1 nitrogen and oxygen atoms in total. The molecule has 0 amide bonds. The minimum atomic E-state index is -0.572. The molecule has 0 bridgehead atoms. The van der Waals surface area contributed by atoms with Gasteiger partial charge < -0.3 is 5.11 Å². The SMILES string of the molecule is CC(C)Cc1cccc(C2(O)CCSC2)c1. The molecule has 0 aliphatic carbocycles. The Kier molecular flexibility index (Phi) is 3.60. The Morgan fingerprint density at radius 1 is 1.44 bits per heavy atom. The van der Waals surface area contributed by atoms with Crippen LogP contribution in [0.2, 0.25) is 0 Å². The lowest BCUT2D eigenvalue weighted by Gasteiger charge is -2.22. The van der Waals surface area contributed by atoms with Gasteiger partial charge in [0, 0.05) is 5.75 Å². The summed E-state index contributed by atoms with van der Waals surface area (Å²) in [6.45, 7) is 4.46. The summed E-state index contributed by atoms with van der Waals surface area (Å²) in [7, 11) is 0. The summed E-state index contributed by atoms with van der Waals surface area (Å²) in [6, 6.07) is 8.49. The van der Waals surface area contributed by atoms with Crippen molar-refractivity contribution in [3.8, 4) is 0 Å². The van der Waals surface area contributed by atoms with Crippen LogP contribution < -0.4 is 0 Å². The largest absolute Gasteiger partial charge is 0.384 e. The monoisotopic (exact) mass is 236 g/mol. The third-order valence-electron chi connectivity index (χ3n) is 3.11. The van der Waals surface area contributed by atoms with Gasteiger partial charge in [-0.1, -0.05) is 38.1 Å². The van der Waals surface area contributed by atoms with E-state index in [1.165, 1.54) is 5.56 Å². The zero-order valence-corrected chi connectivity index (χ0v) is 10.9. The second-order valence-electron chi connectivity index (χ2n) is 5.13. The van der Waals surface area contributed by atoms with Gasteiger partial charge in [0.25, 0.3) is 0 Å². The molecule has 0 aromatic heterocycles. The van der Waals surface area contributed by atoms with E-state index in [1.54, 1.807) is 0 Å². The highest BCUT2D eigenvalue weighted by Crippen LogP contribution is 2.36. The molecule has 1 heterocycles. The van der Waals surface area contributed by atoms with Gasteiger partial charge in [-0.25, -0.2) is 0 Å². The molecule has 1 saturated heterocycles. The molecule has 16 heavy (non-hydrogen) atoms. The first-order chi connectivity index (χ1) is 7.60. The summed E-state index contributed by atoms with van der Waals surface area (Å²) >= 11 is 1.85. The standard InChI is InChI=1S/C14H20OS/c1-11(2)8-12-4-3-5-13(9-12)14(15)6-7-16-10-14/h3-5,9,11,15H,6-8,10H2,1-2H3. The number of benzene rings is 1. The van der Waals surface area contributed by atoms with Crippen LogP contribution in [0.3, 0.4) is 0 Å². The third-order valence-corrected chi connectivity index (χ3v) is 4.28. The molecule has 0 spiro atoms. The van der Waals surface area contributed by atoms with Crippen molar-refractivity contribution in [2.24, 2.45) is 5.92 Å². The van der Waals surface area contributed by atoms with Gasteiger partial charge in [0.15, 0.2) is 0 Å². The Hall–Kier alpha value is -0.470. The number of thioether (sulfide) groups is 1. The molecular weight excluding hydrogens is 216 g/mol. The molecule has 1 unspecified atom stereocenters. The minimum absolute atomic E-state index is 0.572. The van der Waals surface area contributed by atoms with E-state index >= 15 is 0 Å². The van der Waals surface area contributed by atoms with Crippen molar-refractivity contribution < 1.29 is 5.11 Å². The zero-order valence-electron chi connectivity index (χ0n) is 10.1. The minimum Gasteiger partial charge on any atom is -0.384 e. The fraction of sp³-hybridized carbons (Fsp3) is 0.571. The number of aliphatic hydroxyl groups is 1. The molecule has 1 aliphatic heterocycles. The van der Waals surface area contributed by atoms with Crippen LogP contribution in [0.5, 0.6) is 0 Å². The highest BCUT2D eigenvalue weighted by Gasteiger charge is 2.33. The summed E-state index contributed by atoms with van der Waals surface area (Å²) < 4.78 is 0. The van der Waals surface area contributed by atoms with Gasteiger partial charge in [-0.15, -0.1) is 0 Å². The molecule has 1 atom stereocenters. The van der Waals surface area contributed by atoms with E-state index in [0.29, 0.717) is 5.92 Å². The van der Waals surface area contributed by atoms with Crippen LogP contribution in [0.1, 0.15) is 31.4 Å². The molecule has 0 radical (unpaired) electrons. The van der Waals surface area contributed by atoms with Gasteiger partial charge in [0.05, 0.1) is 5.60 Å². The Balaban J connectivity index is 2.21. The Bertz CT molecular complexity index is 354.